The molecule has 0 bridgehead atoms. The summed E-state index contributed by atoms with van der Waals surface area (Å²) in [7, 11) is 0. The lowest BCUT2D eigenvalue weighted by atomic mass is 10.2. The zero-order valence-corrected chi connectivity index (χ0v) is 15.3. The average molecular weight is 393 g/mol. The Morgan fingerprint density at radius 1 is 1.29 bits per heavy atom. The van der Waals surface area contributed by atoms with Crippen molar-refractivity contribution >= 4 is 33.4 Å². The predicted octanol–water partition coefficient (Wildman–Crippen LogP) is 3.90. The highest BCUT2D eigenvalue weighted by Gasteiger charge is 2.18. The van der Waals surface area contributed by atoms with Gasteiger partial charge in [-0.1, -0.05) is 22.9 Å². The van der Waals surface area contributed by atoms with Crippen molar-refractivity contribution in [3.63, 3.8) is 0 Å². The van der Waals surface area contributed by atoms with Gasteiger partial charge in [-0.25, -0.2) is 9.78 Å². The highest BCUT2D eigenvalue weighted by atomic mass is 79.9. The van der Waals surface area contributed by atoms with Crippen LogP contribution < -0.4 is 10.6 Å². The maximum absolute atomic E-state index is 12.2. The molecule has 6 nitrogen and oxygen atoms in total. The minimum absolute atomic E-state index is 0.128. The van der Waals surface area contributed by atoms with Gasteiger partial charge in [0.2, 0.25) is 0 Å². The second-order valence-corrected chi connectivity index (χ2v) is 6.41. The summed E-state index contributed by atoms with van der Waals surface area (Å²) in [5.41, 5.74) is 0.713. The van der Waals surface area contributed by atoms with Gasteiger partial charge in [0.1, 0.15) is 11.6 Å². The van der Waals surface area contributed by atoms with Crippen LogP contribution in [0, 0.1) is 0 Å². The van der Waals surface area contributed by atoms with E-state index in [9.17, 15) is 9.59 Å². The molecule has 0 saturated carbocycles. The van der Waals surface area contributed by atoms with Crippen LogP contribution >= 0.6 is 15.9 Å². The fourth-order valence-corrected chi connectivity index (χ4v) is 2.57. The summed E-state index contributed by atoms with van der Waals surface area (Å²) in [4.78, 5) is 27.7. The van der Waals surface area contributed by atoms with E-state index in [0.29, 0.717) is 25.1 Å². The molecule has 0 aliphatic heterocycles. The molecule has 2 rings (SSSR count). The molecule has 1 aromatic heterocycles. The predicted molar refractivity (Wildman–Crippen MR) is 96.9 cm³/mol. The maximum Gasteiger partial charge on any atom is 0.319 e. The van der Waals surface area contributed by atoms with Crippen molar-refractivity contribution in [3.05, 3.63) is 47.0 Å². The van der Waals surface area contributed by atoms with Crippen LogP contribution in [-0.2, 0) is 11.3 Å². The molecule has 1 atom stereocenters. The molecule has 24 heavy (non-hydrogen) atoms. The van der Waals surface area contributed by atoms with E-state index in [1.807, 2.05) is 42.0 Å². The van der Waals surface area contributed by atoms with Gasteiger partial charge in [0.05, 0.1) is 6.04 Å². The Morgan fingerprint density at radius 2 is 2.00 bits per heavy atom. The number of ketones is 1. The molecule has 1 unspecified atom stereocenters. The number of rotatable bonds is 7. The van der Waals surface area contributed by atoms with E-state index >= 15 is 0 Å². The third kappa shape index (κ3) is 5.19. The normalized spacial score (nSPS) is 11.8. The number of nitrogens with zero attached hydrogens (tertiary/aromatic N) is 2. The van der Waals surface area contributed by atoms with Crippen molar-refractivity contribution < 1.29 is 9.59 Å². The number of anilines is 1. The number of aromatic nitrogens is 2. The van der Waals surface area contributed by atoms with Crippen molar-refractivity contribution in [2.75, 3.05) is 5.32 Å². The van der Waals surface area contributed by atoms with Crippen LogP contribution in [-0.4, -0.2) is 21.4 Å². The SMILES string of the molecule is CCC(NC(=O)Nc1ccc(Br)cc1)c1nccn1CCC(C)=O. The Bertz CT molecular complexity index is 697. The van der Waals surface area contributed by atoms with E-state index in [4.69, 9.17) is 0 Å². The molecular weight excluding hydrogens is 372 g/mol. The van der Waals surface area contributed by atoms with Gasteiger partial charge in [-0.2, -0.15) is 0 Å². The molecule has 0 aliphatic carbocycles. The lowest BCUT2D eigenvalue weighted by Gasteiger charge is -2.18. The molecular formula is C17H21BrN4O2. The van der Waals surface area contributed by atoms with E-state index in [1.165, 1.54) is 0 Å². The van der Waals surface area contributed by atoms with Gasteiger partial charge in [-0.3, -0.25) is 4.79 Å². The molecule has 2 aromatic rings. The van der Waals surface area contributed by atoms with Crippen molar-refractivity contribution in [1.82, 2.24) is 14.9 Å². The summed E-state index contributed by atoms with van der Waals surface area (Å²) in [6.07, 6.45) is 4.66. The molecule has 7 heteroatoms. The fourth-order valence-electron chi connectivity index (χ4n) is 2.31. The Balaban J connectivity index is 2.01. The smallest absolute Gasteiger partial charge is 0.319 e. The van der Waals surface area contributed by atoms with Gasteiger partial charge in [0, 0.05) is 35.5 Å². The van der Waals surface area contributed by atoms with Crippen LogP contribution in [0.4, 0.5) is 10.5 Å². The largest absolute Gasteiger partial charge is 0.333 e. The lowest BCUT2D eigenvalue weighted by molar-refractivity contribution is -0.117. The summed E-state index contributed by atoms with van der Waals surface area (Å²) in [6, 6.07) is 6.85. The number of hydrogen-bond donors (Lipinski definition) is 2. The fraction of sp³-hybridized carbons (Fsp3) is 0.353. The van der Waals surface area contributed by atoms with Crippen molar-refractivity contribution in [2.24, 2.45) is 0 Å². The number of nitrogens with one attached hydrogen (secondary N) is 2. The second kappa shape index (κ2) is 8.63. The molecule has 0 spiro atoms. The molecule has 1 aromatic carbocycles. The third-order valence-corrected chi connectivity index (χ3v) is 4.11. The molecule has 2 N–H and O–H groups in total. The number of benzene rings is 1. The molecule has 0 fully saturated rings. The standard InChI is InChI=1S/C17H21BrN4O2/c1-3-15(16-19-9-11-22(16)10-8-12(2)23)21-17(24)20-14-6-4-13(18)5-7-14/h4-7,9,11,15H,3,8,10H2,1-2H3,(H2,20,21,24). The van der Waals surface area contributed by atoms with E-state index in [1.54, 1.807) is 13.1 Å². The number of amides is 2. The van der Waals surface area contributed by atoms with Gasteiger partial charge in [-0.15, -0.1) is 0 Å². The summed E-state index contributed by atoms with van der Waals surface area (Å²) < 4.78 is 2.86. The molecule has 0 aliphatic rings. The summed E-state index contributed by atoms with van der Waals surface area (Å²) in [5.74, 6) is 0.883. The van der Waals surface area contributed by atoms with Crippen LogP contribution in [0.15, 0.2) is 41.1 Å². The number of Topliss-reactive ketones (excluding diaryl/α,β-unsaturated/α-hetero) is 1. The first-order chi connectivity index (χ1) is 11.5. The van der Waals surface area contributed by atoms with Crippen LogP contribution in [0.3, 0.4) is 0 Å². The molecule has 1 heterocycles. The molecule has 0 radical (unpaired) electrons. The number of hydrogen-bond acceptors (Lipinski definition) is 3. The zero-order chi connectivity index (χ0) is 17.5. The number of urea groups is 1. The average Bonchev–Trinajstić information content (AvgIpc) is 3.01. The van der Waals surface area contributed by atoms with Gasteiger partial charge >= 0.3 is 6.03 Å². The highest BCUT2D eigenvalue weighted by molar-refractivity contribution is 9.10. The minimum atomic E-state index is -0.287. The number of aryl methyl sites for hydroxylation is 1. The van der Waals surface area contributed by atoms with Crippen molar-refractivity contribution in [1.29, 1.82) is 0 Å². The quantitative estimate of drug-likeness (QED) is 0.749. The van der Waals surface area contributed by atoms with E-state index in [2.05, 4.69) is 31.5 Å². The Kier molecular flexibility index (Phi) is 6.54. The number of halogens is 1. The van der Waals surface area contributed by atoms with Crippen LogP contribution in [0.25, 0.3) is 0 Å². The Morgan fingerprint density at radius 3 is 2.62 bits per heavy atom. The number of imidazole rings is 1. The third-order valence-electron chi connectivity index (χ3n) is 3.58. The van der Waals surface area contributed by atoms with Crippen molar-refractivity contribution in [3.8, 4) is 0 Å². The first-order valence-electron chi connectivity index (χ1n) is 7.83. The molecule has 128 valence electrons. The van der Waals surface area contributed by atoms with Crippen LogP contribution in [0.5, 0.6) is 0 Å². The summed E-state index contributed by atoms with van der Waals surface area (Å²) in [6.45, 7) is 4.11. The molecule has 2 amide bonds. The van der Waals surface area contributed by atoms with E-state index in [-0.39, 0.29) is 17.9 Å². The first kappa shape index (κ1) is 18.2. The van der Waals surface area contributed by atoms with Crippen LogP contribution in [0.2, 0.25) is 0 Å². The van der Waals surface area contributed by atoms with Gasteiger partial charge < -0.3 is 15.2 Å². The lowest BCUT2D eigenvalue weighted by Crippen LogP contribution is -2.33. The van der Waals surface area contributed by atoms with Gasteiger partial charge in [0.25, 0.3) is 0 Å². The van der Waals surface area contributed by atoms with Gasteiger partial charge in [-0.05, 0) is 37.6 Å². The second-order valence-electron chi connectivity index (χ2n) is 5.50. The summed E-state index contributed by atoms with van der Waals surface area (Å²) >= 11 is 3.36. The van der Waals surface area contributed by atoms with Crippen molar-refractivity contribution in [2.45, 2.75) is 39.3 Å². The number of carbonyl (C=O) groups is 2. The maximum atomic E-state index is 12.2. The monoisotopic (exact) mass is 392 g/mol. The van der Waals surface area contributed by atoms with E-state index < -0.39 is 0 Å². The molecule has 0 saturated heterocycles. The highest BCUT2D eigenvalue weighted by Crippen LogP contribution is 2.17. The van der Waals surface area contributed by atoms with E-state index in [0.717, 1.165) is 10.3 Å². The Hall–Kier alpha value is -2.15. The topological polar surface area (TPSA) is 76.0 Å². The van der Waals surface area contributed by atoms with Crippen LogP contribution in [0.1, 0.15) is 38.6 Å². The zero-order valence-electron chi connectivity index (χ0n) is 13.8. The Labute approximate surface area is 149 Å². The number of carbonyl (C=O) groups excluding carboxylic acids is 2. The minimum Gasteiger partial charge on any atom is -0.333 e. The summed E-state index contributed by atoms with van der Waals surface area (Å²) in [5, 5.41) is 5.73. The first-order valence-corrected chi connectivity index (χ1v) is 8.62. The van der Waals surface area contributed by atoms with Gasteiger partial charge in [0.15, 0.2) is 0 Å².